The van der Waals surface area contributed by atoms with Crippen LogP contribution < -0.4 is 4.62 Å². The van der Waals surface area contributed by atoms with Gasteiger partial charge in [-0.2, -0.15) is 11.0 Å². The van der Waals surface area contributed by atoms with Gasteiger partial charge in [0, 0.05) is 35.2 Å². The minimum Gasteiger partial charge on any atom is -0.343 e. The Hall–Kier alpha value is -1.30. The summed E-state index contributed by atoms with van der Waals surface area (Å²) in [4.78, 5) is 1.35. The van der Waals surface area contributed by atoms with Gasteiger partial charge >= 0.3 is 15.8 Å². The number of unbranched alkanes of at least 4 members (excludes halogenated alkanes) is 2. The maximum Gasteiger partial charge on any atom is 0.537 e. The molecule has 11 nitrogen and oxygen atoms in total. The molecule has 15 heteroatoms. The van der Waals surface area contributed by atoms with Gasteiger partial charge in [0.15, 0.2) is 0 Å². The summed E-state index contributed by atoms with van der Waals surface area (Å²) in [5.74, 6) is 0. The largest absolute Gasteiger partial charge is 0.537 e. The third-order valence-electron chi connectivity index (χ3n) is 4.94. The lowest BCUT2D eigenvalue weighted by molar-refractivity contribution is -0.126. The van der Waals surface area contributed by atoms with Crippen LogP contribution >= 0.6 is 15.8 Å². The molecule has 33 heavy (non-hydrogen) atoms. The van der Waals surface area contributed by atoms with Crippen molar-refractivity contribution in [2.45, 2.75) is 31.8 Å². The number of hydrogen-bond donors (Lipinski definition) is 0. The van der Waals surface area contributed by atoms with E-state index in [2.05, 4.69) is 26.7 Å². The van der Waals surface area contributed by atoms with Crippen molar-refractivity contribution in [3.8, 4) is 0 Å². The number of para-hydroxylation sites is 1. The number of rotatable bonds is 15. The van der Waals surface area contributed by atoms with E-state index in [-0.39, 0.29) is 6.54 Å². The SMILES string of the molecule is [CH2-]CCCCC(CN(C)[P+](On1nnc2ccccc21)(N(C)C)N(C)C)OP(=O)(OF)OF. The van der Waals surface area contributed by atoms with Gasteiger partial charge in [0.2, 0.25) is 0 Å². The molecule has 1 atom stereocenters. The first-order valence-electron chi connectivity index (χ1n) is 10.3. The lowest BCUT2D eigenvalue weighted by Crippen LogP contribution is -2.46. The summed E-state index contributed by atoms with van der Waals surface area (Å²) in [6.07, 6.45) is 1.50. The number of phosphoric acid groups is 1. The molecule has 2 aromatic rings. The summed E-state index contributed by atoms with van der Waals surface area (Å²) in [7, 11) is 1.33. The second-order valence-corrected chi connectivity index (χ2v) is 12.6. The smallest absolute Gasteiger partial charge is 0.343 e. The molecule has 0 spiro atoms. The van der Waals surface area contributed by atoms with Crippen LogP contribution in [0.1, 0.15) is 25.7 Å². The van der Waals surface area contributed by atoms with Crippen LogP contribution in [0.15, 0.2) is 24.3 Å². The zero-order valence-electron chi connectivity index (χ0n) is 19.5. The van der Waals surface area contributed by atoms with Gasteiger partial charge in [-0.05, 0) is 37.7 Å². The van der Waals surface area contributed by atoms with Crippen LogP contribution in [0.25, 0.3) is 11.0 Å². The molecule has 188 valence electrons. The second-order valence-electron chi connectivity index (χ2n) is 7.74. The van der Waals surface area contributed by atoms with Crippen LogP contribution in [0.3, 0.4) is 0 Å². The summed E-state index contributed by atoms with van der Waals surface area (Å²) in [5.41, 5.74) is 1.33. The standard InChI is InChI=1S/C18H32F2N6O5P2/c1-7-8-9-12-16(28-33(27,29-19)30-20)15-25(6)32(23(2)3,24(4)5)31-26-18-14-11-10-13-17(18)21-22-26/h10-11,13-14,16H,1,7-9,12,15H2,2-6H3. The summed E-state index contributed by atoms with van der Waals surface area (Å²) in [6.45, 7) is 3.87. The molecule has 1 aromatic carbocycles. The molecular formula is C18H32F2N6O5P2. The van der Waals surface area contributed by atoms with E-state index in [9.17, 15) is 13.6 Å². The van der Waals surface area contributed by atoms with Crippen molar-refractivity contribution in [2.24, 2.45) is 0 Å². The average Bonchev–Trinajstić information content (AvgIpc) is 3.19. The zero-order valence-corrected chi connectivity index (χ0v) is 21.3. The number of nitrogens with zero attached hydrogens (tertiary/aromatic N) is 6. The highest BCUT2D eigenvalue weighted by molar-refractivity contribution is 7.64. The Morgan fingerprint density at radius 1 is 1.12 bits per heavy atom. The van der Waals surface area contributed by atoms with Gasteiger partial charge in [-0.1, -0.05) is 34.4 Å². The molecule has 0 aliphatic heterocycles. The molecular weight excluding hydrogens is 480 g/mol. The summed E-state index contributed by atoms with van der Waals surface area (Å²) < 4.78 is 60.8. The van der Waals surface area contributed by atoms with Gasteiger partial charge < -0.3 is 6.92 Å². The molecule has 0 bridgehead atoms. The van der Waals surface area contributed by atoms with Crippen LogP contribution in [0.4, 0.5) is 9.05 Å². The molecule has 0 radical (unpaired) electrons. The first-order valence-corrected chi connectivity index (χ1v) is 13.3. The van der Waals surface area contributed by atoms with Gasteiger partial charge in [-0.15, -0.1) is 19.1 Å². The maximum absolute atomic E-state index is 12.7. The van der Waals surface area contributed by atoms with E-state index >= 15 is 0 Å². The highest BCUT2D eigenvalue weighted by Crippen LogP contribution is 2.63. The van der Waals surface area contributed by atoms with Crippen molar-refractivity contribution in [1.82, 2.24) is 29.2 Å². The van der Waals surface area contributed by atoms with Crippen molar-refractivity contribution in [3.05, 3.63) is 31.2 Å². The molecule has 0 saturated carbocycles. The minimum absolute atomic E-state index is 0.0879. The van der Waals surface area contributed by atoms with Crippen molar-refractivity contribution < 1.29 is 32.2 Å². The van der Waals surface area contributed by atoms with Crippen LogP contribution in [0.5, 0.6) is 0 Å². The fraction of sp³-hybridized carbons (Fsp3) is 0.611. The Labute approximate surface area is 193 Å². The van der Waals surface area contributed by atoms with E-state index < -0.39 is 21.9 Å². The van der Waals surface area contributed by atoms with Crippen LogP contribution in [0, 0.1) is 6.92 Å². The lowest BCUT2D eigenvalue weighted by atomic mass is 10.1. The molecule has 1 unspecified atom stereocenters. The molecule has 0 aliphatic carbocycles. The molecule has 2 rings (SSSR count). The molecule has 0 aliphatic rings. The third-order valence-corrected chi connectivity index (χ3v) is 9.34. The molecule has 1 aromatic heterocycles. The molecule has 1 heterocycles. The van der Waals surface area contributed by atoms with E-state index in [1.54, 1.807) is 7.05 Å². The summed E-state index contributed by atoms with van der Waals surface area (Å²) in [5, 5.41) is 8.25. The van der Waals surface area contributed by atoms with E-state index in [0.717, 1.165) is 6.42 Å². The van der Waals surface area contributed by atoms with E-state index in [1.165, 1.54) is 4.85 Å². The lowest BCUT2D eigenvalue weighted by Gasteiger charge is -2.38. The van der Waals surface area contributed by atoms with Gasteiger partial charge in [0.25, 0.3) is 0 Å². The number of benzene rings is 1. The Morgan fingerprint density at radius 2 is 1.76 bits per heavy atom. The van der Waals surface area contributed by atoms with Gasteiger partial charge in [0.05, 0.1) is 12.6 Å². The van der Waals surface area contributed by atoms with Crippen molar-refractivity contribution in [3.63, 3.8) is 0 Å². The monoisotopic (exact) mass is 512 g/mol. The maximum atomic E-state index is 12.7. The number of fused-ring (bicyclic) bond motifs is 1. The number of aromatic nitrogens is 3. The van der Waals surface area contributed by atoms with Crippen LogP contribution in [-0.4, -0.2) is 77.1 Å². The van der Waals surface area contributed by atoms with Crippen molar-refractivity contribution in [2.75, 3.05) is 41.8 Å². The topological polar surface area (TPSA) is 94.4 Å². The van der Waals surface area contributed by atoms with Gasteiger partial charge in [-0.3, -0.25) is 4.52 Å². The van der Waals surface area contributed by atoms with Gasteiger partial charge in [-0.25, -0.2) is 4.57 Å². The molecule has 0 amide bonds. The van der Waals surface area contributed by atoms with E-state index in [0.29, 0.717) is 30.3 Å². The predicted octanol–water partition coefficient (Wildman–Crippen LogP) is 4.28. The number of hydrogen-bond acceptors (Lipinski definition) is 10. The molecule has 0 N–H and O–H groups in total. The fourth-order valence-electron chi connectivity index (χ4n) is 3.54. The molecule has 0 fully saturated rings. The first kappa shape index (κ1) is 27.9. The van der Waals surface area contributed by atoms with Crippen molar-refractivity contribution >= 4 is 26.8 Å². The highest BCUT2D eigenvalue weighted by Gasteiger charge is 2.56. The zero-order chi connectivity index (χ0) is 24.6. The Morgan fingerprint density at radius 3 is 2.33 bits per heavy atom. The fourth-order valence-corrected chi connectivity index (χ4v) is 7.24. The Bertz CT molecular complexity index is 905. The van der Waals surface area contributed by atoms with Gasteiger partial charge in [0.1, 0.15) is 11.0 Å². The van der Waals surface area contributed by atoms with Crippen LogP contribution in [-0.2, 0) is 18.5 Å². The van der Waals surface area contributed by atoms with E-state index in [1.807, 2.05) is 66.5 Å². The Balaban J connectivity index is 2.36. The second kappa shape index (κ2) is 12.4. The third kappa shape index (κ3) is 6.64. The predicted molar refractivity (Wildman–Crippen MR) is 122 cm³/mol. The summed E-state index contributed by atoms with van der Waals surface area (Å²) >= 11 is 0. The minimum atomic E-state index is -4.99. The average molecular weight is 512 g/mol. The highest BCUT2D eigenvalue weighted by atomic mass is 31.2. The number of halogens is 2. The first-order chi connectivity index (χ1) is 15.6. The Kier molecular flexibility index (Phi) is 10.5. The quantitative estimate of drug-likeness (QED) is 0.196. The summed E-state index contributed by atoms with van der Waals surface area (Å²) in [6, 6.07) is 7.33. The number of likely N-dealkylation sites (N-methyl/N-ethyl adjacent to an activating group) is 1. The van der Waals surface area contributed by atoms with E-state index in [4.69, 9.17) is 9.15 Å². The van der Waals surface area contributed by atoms with Crippen LogP contribution in [0.2, 0.25) is 0 Å². The van der Waals surface area contributed by atoms with Crippen molar-refractivity contribution in [1.29, 1.82) is 0 Å². The normalized spacial score (nSPS) is 14.0. The molecule has 0 saturated heterocycles.